The Labute approximate surface area is 43.0 Å². The predicted octanol–water partition coefficient (Wildman–Crippen LogP) is -0.891. The molecule has 2 N–H and O–H groups in total. The lowest BCUT2D eigenvalue weighted by Crippen LogP contribution is -2.50. The first-order valence-electron chi connectivity index (χ1n) is 2.43. The zero-order valence-corrected chi connectivity index (χ0v) is 4.40. The molecule has 0 unspecified atom stereocenters. The fourth-order valence-electron chi connectivity index (χ4n) is 0.523. The van der Waals surface area contributed by atoms with Crippen LogP contribution in [0.4, 0.5) is 0 Å². The lowest BCUT2D eigenvalue weighted by Gasteiger charge is -2.26. The molecule has 1 rings (SSSR count). The normalized spacial score (nSPS) is 21.9. The van der Waals surface area contributed by atoms with Crippen molar-refractivity contribution >= 4 is 0 Å². The Balaban J connectivity index is 1.93. The molecule has 0 aromatic carbocycles. The molecular formula is C4H10N2O. The van der Waals surface area contributed by atoms with Gasteiger partial charge in [0.15, 0.2) is 0 Å². The van der Waals surface area contributed by atoms with Gasteiger partial charge in [0.1, 0.15) is 0 Å². The molecule has 0 aliphatic carbocycles. The summed E-state index contributed by atoms with van der Waals surface area (Å²) in [6.07, 6.45) is 0. The van der Waals surface area contributed by atoms with Gasteiger partial charge in [0.2, 0.25) is 0 Å². The van der Waals surface area contributed by atoms with E-state index in [0.29, 0.717) is 6.04 Å². The van der Waals surface area contributed by atoms with Crippen LogP contribution in [-0.4, -0.2) is 26.3 Å². The maximum Gasteiger partial charge on any atom is 0.0680 e. The molecule has 1 fully saturated rings. The van der Waals surface area contributed by atoms with Gasteiger partial charge in [-0.25, -0.2) is 0 Å². The Morgan fingerprint density at radius 2 is 2.29 bits per heavy atom. The largest absolute Gasteiger partial charge is 0.378 e. The van der Waals surface area contributed by atoms with Crippen LogP contribution in [0, 0.1) is 0 Å². The van der Waals surface area contributed by atoms with Crippen LogP contribution in [0.25, 0.3) is 0 Å². The molecule has 1 aliphatic rings. The lowest BCUT2D eigenvalue weighted by molar-refractivity contribution is -0.00996. The van der Waals surface area contributed by atoms with Crippen molar-refractivity contribution in [3.05, 3.63) is 0 Å². The van der Waals surface area contributed by atoms with E-state index in [-0.39, 0.29) is 0 Å². The molecule has 42 valence electrons. The van der Waals surface area contributed by atoms with Crippen LogP contribution >= 0.6 is 0 Å². The smallest absolute Gasteiger partial charge is 0.0680 e. The second kappa shape index (κ2) is 2.26. The topological polar surface area (TPSA) is 33.3 Å². The van der Waals surface area contributed by atoms with Gasteiger partial charge in [0, 0.05) is 0 Å². The van der Waals surface area contributed by atoms with E-state index < -0.39 is 0 Å². The summed E-state index contributed by atoms with van der Waals surface area (Å²) in [6.45, 7) is 1.70. The van der Waals surface area contributed by atoms with E-state index in [1.54, 1.807) is 0 Å². The SMILES string of the molecule is CNNC1COC1. The monoisotopic (exact) mass is 102 g/mol. The van der Waals surface area contributed by atoms with E-state index in [2.05, 4.69) is 10.9 Å². The first kappa shape index (κ1) is 5.03. The van der Waals surface area contributed by atoms with Crippen molar-refractivity contribution in [3.63, 3.8) is 0 Å². The average molecular weight is 102 g/mol. The zero-order valence-electron chi connectivity index (χ0n) is 4.40. The van der Waals surface area contributed by atoms with Gasteiger partial charge in [0.05, 0.1) is 19.3 Å². The maximum absolute atomic E-state index is 4.88. The van der Waals surface area contributed by atoms with Crippen molar-refractivity contribution in [3.8, 4) is 0 Å². The van der Waals surface area contributed by atoms with E-state index in [1.165, 1.54) is 0 Å². The molecule has 0 spiro atoms. The Morgan fingerprint density at radius 3 is 2.43 bits per heavy atom. The number of hydrazine groups is 1. The first-order valence-corrected chi connectivity index (χ1v) is 2.43. The van der Waals surface area contributed by atoms with Crippen molar-refractivity contribution in [2.24, 2.45) is 0 Å². The molecule has 0 amide bonds. The average Bonchev–Trinajstić information content (AvgIpc) is 1.55. The summed E-state index contributed by atoms with van der Waals surface area (Å²) in [5.74, 6) is 0. The van der Waals surface area contributed by atoms with Crippen molar-refractivity contribution in [1.29, 1.82) is 0 Å². The van der Waals surface area contributed by atoms with Crippen LogP contribution in [0.2, 0.25) is 0 Å². The number of ether oxygens (including phenoxy) is 1. The Hall–Kier alpha value is -0.120. The molecule has 3 heteroatoms. The summed E-state index contributed by atoms with van der Waals surface area (Å²) >= 11 is 0. The quantitative estimate of drug-likeness (QED) is 0.444. The van der Waals surface area contributed by atoms with E-state index >= 15 is 0 Å². The molecule has 1 heterocycles. The minimum Gasteiger partial charge on any atom is -0.378 e. The summed E-state index contributed by atoms with van der Waals surface area (Å²) < 4.78 is 4.88. The summed E-state index contributed by atoms with van der Waals surface area (Å²) in [6, 6.07) is 0.546. The van der Waals surface area contributed by atoms with Gasteiger partial charge in [-0.2, -0.15) is 0 Å². The molecule has 0 aromatic rings. The second-order valence-corrected chi connectivity index (χ2v) is 1.63. The molecule has 1 saturated heterocycles. The summed E-state index contributed by atoms with van der Waals surface area (Å²) in [5.41, 5.74) is 5.85. The molecule has 0 radical (unpaired) electrons. The molecule has 0 bridgehead atoms. The minimum atomic E-state index is 0.546. The van der Waals surface area contributed by atoms with Crippen molar-refractivity contribution in [2.45, 2.75) is 6.04 Å². The van der Waals surface area contributed by atoms with Crippen molar-refractivity contribution in [2.75, 3.05) is 20.3 Å². The van der Waals surface area contributed by atoms with Crippen LogP contribution < -0.4 is 10.9 Å². The molecule has 0 saturated carbocycles. The van der Waals surface area contributed by atoms with Gasteiger partial charge in [-0.15, -0.1) is 0 Å². The number of nitrogens with one attached hydrogen (secondary N) is 2. The molecule has 7 heavy (non-hydrogen) atoms. The third-order valence-corrected chi connectivity index (χ3v) is 0.987. The van der Waals surface area contributed by atoms with Crippen LogP contribution in [0.1, 0.15) is 0 Å². The number of hydrogen-bond donors (Lipinski definition) is 2. The molecule has 0 atom stereocenters. The fraction of sp³-hybridized carbons (Fsp3) is 1.00. The van der Waals surface area contributed by atoms with Gasteiger partial charge in [-0.1, -0.05) is 0 Å². The van der Waals surface area contributed by atoms with Crippen molar-refractivity contribution < 1.29 is 4.74 Å². The predicted molar refractivity (Wildman–Crippen MR) is 26.8 cm³/mol. The third kappa shape index (κ3) is 1.12. The Kier molecular flexibility index (Phi) is 1.62. The molecule has 1 aliphatic heterocycles. The second-order valence-electron chi connectivity index (χ2n) is 1.63. The summed E-state index contributed by atoms with van der Waals surface area (Å²) in [4.78, 5) is 0. The van der Waals surface area contributed by atoms with E-state index in [9.17, 15) is 0 Å². The maximum atomic E-state index is 4.88. The molecular weight excluding hydrogens is 92.1 g/mol. The molecule has 3 nitrogen and oxygen atoms in total. The highest BCUT2D eigenvalue weighted by atomic mass is 16.5. The lowest BCUT2D eigenvalue weighted by atomic mass is 10.3. The summed E-state index contributed by atoms with van der Waals surface area (Å²) in [7, 11) is 1.86. The van der Waals surface area contributed by atoms with Gasteiger partial charge in [0.25, 0.3) is 0 Å². The van der Waals surface area contributed by atoms with Crippen LogP contribution in [0.5, 0.6) is 0 Å². The van der Waals surface area contributed by atoms with Gasteiger partial charge in [-0.3, -0.25) is 10.9 Å². The van der Waals surface area contributed by atoms with Crippen LogP contribution in [-0.2, 0) is 4.74 Å². The van der Waals surface area contributed by atoms with E-state index in [0.717, 1.165) is 13.2 Å². The number of hydrogen-bond acceptors (Lipinski definition) is 3. The highest BCUT2D eigenvalue weighted by Gasteiger charge is 2.15. The fourth-order valence-corrected chi connectivity index (χ4v) is 0.523. The van der Waals surface area contributed by atoms with E-state index in [4.69, 9.17) is 4.74 Å². The van der Waals surface area contributed by atoms with Gasteiger partial charge < -0.3 is 4.74 Å². The van der Waals surface area contributed by atoms with Gasteiger partial charge >= 0.3 is 0 Å². The van der Waals surface area contributed by atoms with Crippen LogP contribution in [0.3, 0.4) is 0 Å². The first-order chi connectivity index (χ1) is 3.43. The van der Waals surface area contributed by atoms with Crippen LogP contribution in [0.15, 0.2) is 0 Å². The minimum absolute atomic E-state index is 0.546. The van der Waals surface area contributed by atoms with Crippen molar-refractivity contribution in [1.82, 2.24) is 10.9 Å². The van der Waals surface area contributed by atoms with E-state index in [1.807, 2.05) is 7.05 Å². The summed E-state index contributed by atoms with van der Waals surface area (Å²) in [5, 5.41) is 0. The standard InChI is InChI=1S/C4H10N2O/c1-5-6-4-2-7-3-4/h4-6H,2-3H2,1H3. The Bertz CT molecular complexity index is 53.7. The highest BCUT2D eigenvalue weighted by Crippen LogP contribution is 1.96. The third-order valence-electron chi connectivity index (χ3n) is 0.987. The Morgan fingerprint density at radius 1 is 1.57 bits per heavy atom. The van der Waals surface area contributed by atoms with Gasteiger partial charge in [-0.05, 0) is 7.05 Å². The number of rotatable bonds is 2. The highest BCUT2D eigenvalue weighted by molar-refractivity contribution is 4.69. The molecule has 0 aromatic heterocycles. The zero-order chi connectivity index (χ0) is 5.11.